The zero-order valence-electron chi connectivity index (χ0n) is 11.2. The third-order valence-corrected chi connectivity index (χ3v) is 5.27. The Morgan fingerprint density at radius 3 is 2.76 bits per heavy atom. The first-order valence-electron chi connectivity index (χ1n) is 6.25. The highest BCUT2D eigenvalue weighted by Gasteiger charge is 2.18. The molecule has 0 bridgehead atoms. The summed E-state index contributed by atoms with van der Waals surface area (Å²) in [5, 5.41) is 8.33. The van der Waals surface area contributed by atoms with E-state index in [9.17, 15) is 9.00 Å². The molecule has 2 aromatic rings. The number of hydrogen-bond donors (Lipinski definition) is 0. The molecule has 3 rings (SSSR count). The van der Waals surface area contributed by atoms with Crippen molar-refractivity contribution in [2.45, 2.75) is 11.3 Å². The van der Waals surface area contributed by atoms with Crippen molar-refractivity contribution >= 4 is 27.9 Å². The number of aryl methyl sites for hydroxylation is 1. The first-order valence-corrected chi connectivity index (χ1v) is 8.38. The van der Waals surface area contributed by atoms with E-state index >= 15 is 0 Å². The molecule has 0 aliphatic carbocycles. The van der Waals surface area contributed by atoms with Crippen molar-refractivity contribution in [1.29, 1.82) is 0 Å². The Bertz CT molecular complexity index is 714. The van der Waals surface area contributed by atoms with Gasteiger partial charge in [0.2, 0.25) is 4.34 Å². The van der Waals surface area contributed by atoms with E-state index in [1.165, 1.54) is 11.3 Å². The highest BCUT2D eigenvalue weighted by molar-refractivity contribution is 7.87. The molecule has 110 valence electrons. The Labute approximate surface area is 127 Å². The monoisotopic (exact) mass is 324 g/mol. The molecule has 2 heterocycles. The predicted molar refractivity (Wildman–Crippen MR) is 77.7 cm³/mol. The molecule has 21 heavy (non-hydrogen) atoms. The lowest BCUT2D eigenvalue weighted by Gasteiger charge is -2.18. The largest absolute Gasteiger partial charge is 0.486 e. The minimum absolute atomic E-state index is 0.117. The van der Waals surface area contributed by atoms with E-state index in [0.717, 1.165) is 5.01 Å². The number of carbonyl (C=O) groups is 1. The summed E-state index contributed by atoms with van der Waals surface area (Å²) in [5.74, 6) is 0.829. The average molecular weight is 324 g/mol. The quantitative estimate of drug-likeness (QED) is 0.795. The number of nitrogens with zero attached hydrogens (tertiary/aromatic N) is 2. The van der Waals surface area contributed by atoms with Crippen molar-refractivity contribution in [3.05, 3.63) is 28.8 Å². The first-order chi connectivity index (χ1) is 10.1. The van der Waals surface area contributed by atoms with Gasteiger partial charge in [0.05, 0.1) is 16.6 Å². The second-order valence-corrected chi connectivity index (χ2v) is 7.16. The number of carbonyl (C=O) groups excluding carboxylic acids is 1. The summed E-state index contributed by atoms with van der Waals surface area (Å²) < 4.78 is 23.3. The predicted octanol–water partition coefficient (Wildman–Crippen LogP) is 1.61. The van der Waals surface area contributed by atoms with E-state index in [1.807, 2.05) is 0 Å². The maximum Gasteiger partial charge on any atom is 0.205 e. The minimum Gasteiger partial charge on any atom is -0.486 e. The van der Waals surface area contributed by atoms with Gasteiger partial charge in [0.25, 0.3) is 0 Å². The van der Waals surface area contributed by atoms with E-state index < -0.39 is 10.8 Å². The van der Waals surface area contributed by atoms with Crippen LogP contribution in [0.25, 0.3) is 0 Å². The van der Waals surface area contributed by atoms with Gasteiger partial charge in [0.15, 0.2) is 17.3 Å². The van der Waals surface area contributed by atoms with Crippen LogP contribution in [0.1, 0.15) is 15.4 Å². The van der Waals surface area contributed by atoms with Crippen molar-refractivity contribution in [3.63, 3.8) is 0 Å². The number of aromatic nitrogens is 2. The number of fused-ring (bicyclic) bond motifs is 1. The molecule has 1 aliphatic heterocycles. The van der Waals surface area contributed by atoms with Crippen molar-refractivity contribution in [2.24, 2.45) is 0 Å². The van der Waals surface area contributed by atoms with Gasteiger partial charge in [-0.3, -0.25) is 9.00 Å². The molecular weight excluding hydrogens is 312 g/mol. The highest BCUT2D eigenvalue weighted by atomic mass is 32.2. The third-order valence-electron chi connectivity index (χ3n) is 2.83. The van der Waals surface area contributed by atoms with Crippen LogP contribution in [0, 0.1) is 6.92 Å². The maximum absolute atomic E-state index is 12.2. The molecule has 0 N–H and O–H groups in total. The van der Waals surface area contributed by atoms with E-state index in [4.69, 9.17) is 9.47 Å². The van der Waals surface area contributed by atoms with Crippen LogP contribution in [0.3, 0.4) is 0 Å². The Kier molecular flexibility index (Phi) is 3.98. The molecule has 8 heteroatoms. The number of hydrogen-bond acceptors (Lipinski definition) is 7. The molecular formula is C13H12N2O4S2. The molecule has 1 aromatic carbocycles. The van der Waals surface area contributed by atoms with Crippen LogP contribution in [0.5, 0.6) is 11.5 Å². The van der Waals surface area contributed by atoms with Crippen LogP contribution in [0.4, 0.5) is 0 Å². The van der Waals surface area contributed by atoms with Crippen LogP contribution in [-0.2, 0) is 10.8 Å². The lowest BCUT2D eigenvalue weighted by Crippen LogP contribution is -2.16. The molecule has 0 saturated heterocycles. The van der Waals surface area contributed by atoms with Gasteiger partial charge in [0.1, 0.15) is 18.2 Å². The standard InChI is InChI=1S/C13H12N2O4S2/c1-8-14-15-13(20-8)21(17)7-10(16)9-2-3-11-12(6-9)19-5-4-18-11/h2-3,6H,4-5,7H2,1H3. The van der Waals surface area contributed by atoms with Gasteiger partial charge < -0.3 is 9.47 Å². The molecule has 0 radical (unpaired) electrons. The SMILES string of the molecule is Cc1nnc(S(=O)CC(=O)c2ccc3c(c2)OCCO3)s1. The van der Waals surface area contributed by atoms with Crippen LogP contribution < -0.4 is 9.47 Å². The summed E-state index contributed by atoms with van der Waals surface area (Å²) >= 11 is 1.24. The van der Waals surface area contributed by atoms with Crippen LogP contribution in [-0.4, -0.2) is 39.2 Å². The number of rotatable bonds is 4. The zero-order chi connectivity index (χ0) is 14.8. The summed E-state index contributed by atoms with van der Waals surface area (Å²) in [5.41, 5.74) is 0.453. The second kappa shape index (κ2) is 5.90. The van der Waals surface area contributed by atoms with Gasteiger partial charge in [-0.1, -0.05) is 11.3 Å². The fraction of sp³-hybridized carbons (Fsp3) is 0.308. The number of ether oxygens (including phenoxy) is 2. The molecule has 1 atom stereocenters. The highest BCUT2D eigenvalue weighted by Crippen LogP contribution is 2.31. The van der Waals surface area contributed by atoms with Crippen molar-refractivity contribution in [1.82, 2.24) is 10.2 Å². The van der Waals surface area contributed by atoms with Gasteiger partial charge in [-0.15, -0.1) is 10.2 Å². The molecule has 1 aliphatic rings. The smallest absolute Gasteiger partial charge is 0.205 e. The molecule has 1 unspecified atom stereocenters. The summed E-state index contributed by atoms with van der Waals surface area (Å²) in [4.78, 5) is 12.2. The second-order valence-electron chi connectivity index (χ2n) is 4.36. The Balaban J connectivity index is 1.75. The number of benzene rings is 1. The van der Waals surface area contributed by atoms with E-state index in [2.05, 4.69) is 10.2 Å². The fourth-order valence-electron chi connectivity index (χ4n) is 1.85. The van der Waals surface area contributed by atoms with Gasteiger partial charge in [-0.2, -0.15) is 0 Å². The zero-order valence-corrected chi connectivity index (χ0v) is 12.8. The first kappa shape index (κ1) is 14.2. The number of ketones is 1. The summed E-state index contributed by atoms with van der Waals surface area (Å²) in [6, 6.07) is 4.97. The van der Waals surface area contributed by atoms with Crippen LogP contribution in [0.2, 0.25) is 0 Å². The van der Waals surface area contributed by atoms with E-state index in [-0.39, 0.29) is 11.5 Å². The van der Waals surface area contributed by atoms with Gasteiger partial charge >= 0.3 is 0 Å². The molecule has 1 aromatic heterocycles. The minimum atomic E-state index is -1.47. The topological polar surface area (TPSA) is 78.4 Å². The van der Waals surface area contributed by atoms with Crippen molar-refractivity contribution in [3.8, 4) is 11.5 Å². The maximum atomic E-state index is 12.2. The van der Waals surface area contributed by atoms with Gasteiger partial charge in [0, 0.05) is 5.56 Å². The Morgan fingerprint density at radius 1 is 1.29 bits per heavy atom. The molecule has 6 nitrogen and oxygen atoms in total. The number of Topliss-reactive ketones (excluding diaryl/α,β-unsaturated/α-hetero) is 1. The van der Waals surface area contributed by atoms with Crippen molar-refractivity contribution < 1.29 is 18.5 Å². The Morgan fingerprint density at radius 2 is 2.05 bits per heavy atom. The summed E-state index contributed by atoms with van der Waals surface area (Å²) in [6.45, 7) is 2.74. The molecule has 0 amide bonds. The van der Waals surface area contributed by atoms with Crippen LogP contribution >= 0.6 is 11.3 Å². The van der Waals surface area contributed by atoms with E-state index in [0.29, 0.717) is 34.6 Å². The normalized spacial score (nSPS) is 14.7. The lowest BCUT2D eigenvalue weighted by molar-refractivity contribution is 0.102. The fourth-order valence-corrected chi connectivity index (χ4v) is 3.84. The van der Waals surface area contributed by atoms with E-state index in [1.54, 1.807) is 25.1 Å². The summed E-state index contributed by atoms with van der Waals surface area (Å²) in [7, 11) is -1.47. The molecule has 0 spiro atoms. The summed E-state index contributed by atoms with van der Waals surface area (Å²) in [6.07, 6.45) is 0. The van der Waals surface area contributed by atoms with Crippen molar-refractivity contribution in [2.75, 3.05) is 19.0 Å². The van der Waals surface area contributed by atoms with Gasteiger partial charge in [-0.05, 0) is 25.1 Å². The molecule has 0 fully saturated rings. The molecule has 0 saturated carbocycles. The van der Waals surface area contributed by atoms with Gasteiger partial charge in [-0.25, -0.2) is 0 Å². The average Bonchev–Trinajstić information content (AvgIpc) is 2.93. The lowest BCUT2D eigenvalue weighted by atomic mass is 10.1. The Hall–Kier alpha value is -1.80. The van der Waals surface area contributed by atoms with Crippen LogP contribution in [0.15, 0.2) is 22.5 Å². The third kappa shape index (κ3) is 3.11.